The van der Waals surface area contributed by atoms with Crippen LogP contribution in [0.1, 0.15) is 5.69 Å². The van der Waals surface area contributed by atoms with Gasteiger partial charge in [0.1, 0.15) is 41.0 Å². The third-order valence-corrected chi connectivity index (χ3v) is 7.01. The van der Waals surface area contributed by atoms with E-state index in [0.29, 0.717) is 11.3 Å². The predicted molar refractivity (Wildman–Crippen MR) is 121 cm³/mol. The van der Waals surface area contributed by atoms with E-state index in [1.54, 1.807) is 6.07 Å². The molecule has 14 heteroatoms. The van der Waals surface area contributed by atoms with Crippen LogP contribution in [-0.2, 0) is 19.1 Å². The van der Waals surface area contributed by atoms with Gasteiger partial charge in [0.25, 0.3) is 11.8 Å². The monoisotopic (exact) mass is 507 g/mol. The maximum Gasteiger partial charge on any atom is 0.354 e. The fourth-order valence-electron chi connectivity index (χ4n) is 3.43. The van der Waals surface area contributed by atoms with Crippen molar-refractivity contribution >= 4 is 51.7 Å². The van der Waals surface area contributed by atoms with E-state index in [1.165, 1.54) is 47.4 Å². The van der Waals surface area contributed by atoms with Gasteiger partial charge < -0.3 is 25.7 Å². The van der Waals surface area contributed by atoms with Crippen molar-refractivity contribution in [2.45, 2.75) is 11.4 Å². The minimum Gasteiger partial charge on any atom is -0.489 e. The third kappa shape index (κ3) is 4.41. The number of rotatable bonds is 7. The molecule has 2 aliphatic heterocycles. The van der Waals surface area contributed by atoms with Crippen LogP contribution in [0.5, 0.6) is 5.75 Å². The van der Waals surface area contributed by atoms with E-state index in [4.69, 9.17) is 15.2 Å². The number of methoxy groups -OCH3 is 1. The number of carbonyl (C=O) groups is 3. The number of anilines is 1. The molecular weight excluding hydrogens is 489 g/mol. The number of thiazole rings is 1. The molecule has 2 amide bonds. The van der Waals surface area contributed by atoms with Crippen LogP contribution >= 0.6 is 23.1 Å². The van der Waals surface area contributed by atoms with Crippen LogP contribution in [0.15, 0.2) is 46.1 Å². The number of benzene rings is 1. The van der Waals surface area contributed by atoms with Gasteiger partial charge in [-0.2, -0.15) is 0 Å². The van der Waals surface area contributed by atoms with Gasteiger partial charge in [-0.05, 0) is 12.1 Å². The molecule has 0 saturated carbocycles. The molecular formula is C20H18FN5O6S2. The number of nitrogens with one attached hydrogen (secondary N) is 1. The first-order chi connectivity index (χ1) is 16.3. The Labute approximate surface area is 200 Å². The van der Waals surface area contributed by atoms with E-state index in [-0.39, 0.29) is 28.9 Å². The number of carbonyl (C=O) groups excluding carboxylic acids is 3. The maximum absolute atomic E-state index is 13.4. The van der Waals surface area contributed by atoms with Gasteiger partial charge >= 0.3 is 5.97 Å². The van der Waals surface area contributed by atoms with Crippen LogP contribution in [0.4, 0.5) is 9.52 Å². The Morgan fingerprint density at radius 2 is 2.24 bits per heavy atom. The first kappa shape index (κ1) is 23.5. The number of ether oxygens (including phenoxy) is 2. The molecule has 0 bridgehead atoms. The van der Waals surface area contributed by atoms with Crippen molar-refractivity contribution in [3.05, 3.63) is 52.4 Å². The van der Waals surface area contributed by atoms with Crippen LogP contribution in [0.2, 0.25) is 0 Å². The van der Waals surface area contributed by atoms with Gasteiger partial charge in [-0.1, -0.05) is 11.2 Å². The van der Waals surface area contributed by atoms with Gasteiger partial charge in [0.15, 0.2) is 10.8 Å². The number of oxime groups is 1. The van der Waals surface area contributed by atoms with E-state index < -0.39 is 40.7 Å². The van der Waals surface area contributed by atoms with Gasteiger partial charge in [0.05, 0.1) is 7.11 Å². The molecule has 1 unspecified atom stereocenters. The lowest BCUT2D eigenvalue weighted by molar-refractivity contribution is -0.151. The highest BCUT2D eigenvalue weighted by molar-refractivity contribution is 8.00. The molecule has 2 atom stereocenters. The minimum absolute atomic E-state index is 0.0153. The topological polar surface area (TPSA) is 156 Å². The van der Waals surface area contributed by atoms with Crippen LogP contribution < -0.4 is 15.8 Å². The molecule has 3 heterocycles. The van der Waals surface area contributed by atoms with E-state index >= 15 is 0 Å². The Hall–Kier alpha value is -3.65. The zero-order chi connectivity index (χ0) is 24.4. The molecule has 2 aromatic rings. The predicted octanol–water partition coefficient (Wildman–Crippen LogP) is 0.949. The zero-order valence-corrected chi connectivity index (χ0v) is 19.2. The molecule has 1 aromatic carbocycles. The number of amides is 2. The number of thioether (sulfide) groups is 1. The second kappa shape index (κ2) is 9.69. The number of nitrogen functional groups attached to an aromatic ring is 1. The summed E-state index contributed by atoms with van der Waals surface area (Å²) in [5.41, 5.74) is 5.72. The van der Waals surface area contributed by atoms with Crippen molar-refractivity contribution in [2.75, 3.05) is 25.2 Å². The Balaban J connectivity index is 1.50. The number of hydrogen-bond acceptors (Lipinski definition) is 11. The van der Waals surface area contributed by atoms with Gasteiger partial charge in [-0.3, -0.25) is 14.5 Å². The number of halogens is 1. The Morgan fingerprint density at radius 3 is 2.88 bits per heavy atom. The van der Waals surface area contributed by atoms with E-state index in [9.17, 15) is 24.0 Å². The quantitative estimate of drug-likeness (QED) is 0.163. The van der Waals surface area contributed by atoms with Gasteiger partial charge in [0.2, 0.25) is 0 Å². The van der Waals surface area contributed by atoms with Gasteiger partial charge in [0, 0.05) is 22.8 Å². The van der Waals surface area contributed by atoms with Gasteiger partial charge in [-0.25, -0.2) is 14.2 Å². The summed E-state index contributed by atoms with van der Waals surface area (Å²) in [5.74, 6) is -2.02. The summed E-state index contributed by atoms with van der Waals surface area (Å²) in [7, 11) is 1.18. The van der Waals surface area contributed by atoms with Crippen molar-refractivity contribution in [3.8, 4) is 5.75 Å². The average Bonchev–Trinajstić information content (AvgIpc) is 3.26. The van der Waals surface area contributed by atoms with Crippen molar-refractivity contribution < 1.29 is 33.5 Å². The molecule has 34 heavy (non-hydrogen) atoms. The van der Waals surface area contributed by atoms with Crippen LogP contribution in [0, 0.1) is 5.82 Å². The molecule has 2 aliphatic rings. The highest BCUT2D eigenvalue weighted by Crippen LogP contribution is 2.40. The summed E-state index contributed by atoms with van der Waals surface area (Å²) in [6.07, 6.45) is 0. The highest BCUT2D eigenvalue weighted by Gasteiger charge is 2.54. The van der Waals surface area contributed by atoms with Crippen LogP contribution in [0.25, 0.3) is 0 Å². The molecule has 1 aromatic heterocycles. The minimum atomic E-state index is -0.976. The van der Waals surface area contributed by atoms with Gasteiger partial charge in [-0.15, -0.1) is 23.1 Å². The SMILES string of the molecule is COC(=O)C1=C(COc2cccc(F)c2)CS[C@@H]2C(NC(=O)/C(=N\O)c3csc(N)n3)C(=O)N12. The standard InChI is InChI=1S/C20H18FN5O6S2/c1-31-19(29)15-9(6-32-11-4-2-3-10(21)5-11)7-33-18-14(17(28)26(15)18)24-16(27)13(25-30)12-8-34-20(22)23-12/h2-5,8,14,18,30H,6-7H2,1H3,(H2,22,23)(H,24,27)/b25-13-/t14?,18-/m1/s1. The summed E-state index contributed by atoms with van der Waals surface area (Å²) in [6, 6.07) is 4.55. The smallest absolute Gasteiger partial charge is 0.354 e. The third-order valence-electron chi connectivity index (χ3n) is 5.00. The number of fused-ring (bicyclic) bond motifs is 1. The van der Waals surface area contributed by atoms with Crippen LogP contribution in [0.3, 0.4) is 0 Å². The maximum atomic E-state index is 13.4. The largest absolute Gasteiger partial charge is 0.489 e. The molecule has 11 nitrogen and oxygen atoms in total. The summed E-state index contributed by atoms with van der Waals surface area (Å²) in [5, 5.41) is 15.8. The fourth-order valence-corrected chi connectivity index (χ4v) is 5.30. The summed E-state index contributed by atoms with van der Waals surface area (Å²) >= 11 is 2.36. The average molecular weight is 508 g/mol. The summed E-state index contributed by atoms with van der Waals surface area (Å²) in [4.78, 5) is 43.1. The number of β-lactam (4-membered cyclic amide) rings is 1. The molecule has 4 rings (SSSR count). The molecule has 0 spiro atoms. The molecule has 4 N–H and O–H groups in total. The zero-order valence-electron chi connectivity index (χ0n) is 17.6. The normalized spacial score (nSPS) is 19.9. The van der Waals surface area contributed by atoms with Crippen molar-refractivity contribution in [3.63, 3.8) is 0 Å². The lowest BCUT2D eigenvalue weighted by Gasteiger charge is -2.49. The Morgan fingerprint density at radius 1 is 1.44 bits per heavy atom. The second-order valence-electron chi connectivity index (χ2n) is 7.07. The second-order valence-corrected chi connectivity index (χ2v) is 9.06. The van der Waals surface area contributed by atoms with E-state index in [0.717, 1.165) is 11.3 Å². The van der Waals surface area contributed by atoms with Crippen molar-refractivity contribution in [2.24, 2.45) is 5.16 Å². The lowest BCUT2D eigenvalue weighted by atomic mass is 10.0. The van der Waals surface area contributed by atoms with E-state index in [2.05, 4.69) is 15.5 Å². The Kier molecular flexibility index (Phi) is 6.70. The molecule has 1 saturated heterocycles. The van der Waals surface area contributed by atoms with Crippen molar-refractivity contribution in [1.29, 1.82) is 0 Å². The fraction of sp³-hybridized carbons (Fsp3) is 0.250. The number of nitrogens with two attached hydrogens (primary N) is 1. The summed E-state index contributed by atoms with van der Waals surface area (Å²) in [6.45, 7) is -0.0685. The first-order valence-corrected chi connectivity index (χ1v) is 11.6. The number of esters is 1. The Bertz CT molecular complexity index is 1220. The number of nitrogens with zero attached hydrogens (tertiary/aromatic N) is 3. The number of hydrogen-bond donors (Lipinski definition) is 3. The lowest BCUT2D eigenvalue weighted by Crippen LogP contribution is -2.71. The molecule has 178 valence electrons. The van der Waals surface area contributed by atoms with Crippen molar-refractivity contribution in [1.82, 2.24) is 15.2 Å². The van der Waals surface area contributed by atoms with Crippen LogP contribution in [-0.4, -0.2) is 69.5 Å². The summed E-state index contributed by atoms with van der Waals surface area (Å²) < 4.78 is 23.9. The molecule has 0 aliphatic carbocycles. The number of aromatic nitrogens is 1. The molecule has 1 fully saturated rings. The first-order valence-electron chi connectivity index (χ1n) is 9.71. The van der Waals surface area contributed by atoms with E-state index in [1.807, 2.05) is 0 Å². The highest BCUT2D eigenvalue weighted by atomic mass is 32.2. The molecule has 0 radical (unpaired) electrons.